The van der Waals surface area contributed by atoms with Crippen molar-refractivity contribution in [1.29, 1.82) is 0 Å². The molecule has 1 aliphatic heterocycles. The summed E-state index contributed by atoms with van der Waals surface area (Å²) < 4.78 is 7.74. The van der Waals surface area contributed by atoms with E-state index in [9.17, 15) is 4.79 Å². The first-order chi connectivity index (χ1) is 15.7. The monoisotopic (exact) mass is 448 g/mol. The van der Waals surface area contributed by atoms with Gasteiger partial charge in [0, 0.05) is 38.1 Å². The molecule has 2 fully saturated rings. The standard InChI is InChI=1S/C25H32N6O2/c1-16-10-19(12-26-11-16)31-14-20(18-6-7-18)21-22(27-15-28-23(21)31)30-9-8-29(13-17(30)2)24(32)33-25(3,4)5/h10-12,14-15,17-18H,6-9,13H2,1-5H3/t17-/m0/s1. The Kier molecular flexibility index (Phi) is 5.26. The number of aromatic nitrogens is 4. The summed E-state index contributed by atoms with van der Waals surface area (Å²) in [4.78, 5) is 30.6. The number of nitrogens with zero attached hydrogens (tertiary/aromatic N) is 6. The van der Waals surface area contributed by atoms with Crippen molar-refractivity contribution in [3.63, 3.8) is 0 Å². The molecule has 174 valence electrons. The second kappa shape index (κ2) is 8.01. The fourth-order valence-electron chi connectivity index (χ4n) is 4.63. The lowest BCUT2D eigenvalue weighted by Gasteiger charge is -2.41. The molecule has 0 N–H and O–H groups in total. The van der Waals surface area contributed by atoms with E-state index >= 15 is 0 Å². The highest BCUT2D eigenvalue weighted by atomic mass is 16.6. The van der Waals surface area contributed by atoms with E-state index < -0.39 is 5.60 Å². The molecule has 33 heavy (non-hydrogen) atoms. The lowest BCUT2D eigenvalue weighted by atomic mass is 10.1. The fraction of sp³-hybridized carbons (Fsp3) is 0.520. The summed E-state index contributed by atoms with van der Waals surface area (Å²) in [5, 5.41) is 1.12. The van der Waals surface area contributed by atoms with Crippen LogP contribution < -0.4 is 4.90 Å². The predicted molar refractivity (Wildman–Crippen MR) is 128 cm³/mol. The third-order valence-corrected chi connectivity index (χ3v) is 6.30. The first kappa shape index (κ1) is 21.7. The van der Waals surface area contributed by atoms with Gasteiger partial charge in [-0.15, -0.1) is 0 Å². The molecule has 8 heteroatoms. The van der Waals surface area contributed by atoms with Gasteiger partial charge >= 0.3 is 6.09 Å². The number of pyridine rings is 1. The summed E-state index contributed by atoms with van der Waals surface area (Å²) in [5.41, 5.74) is 3.85. The third kappa shape index (κ3) is 4.26. The van der Waals surface area contributed by atoms with E-state index in [1.165, 1.54) is 18.4 Å². The first-order valence-corrected chi connectivity index (χ1v) is 11.7. The van der Waals surface area contributed by atoms with Crippen LogP contribution in [0.1, 0.15) is 57.6 Å². The molecule has 0 spiro atoms. The molecule has 0 aromatic carbocycles. The van der Waals surface area contributed by atoms with Crippen LogP contribution in [0.25, 0.3) is 16.7 Å². The van der Waals surface area contributed by atoms with Crippen LogP contribution in [0.2, 0.25) is 0 Å². The lowest BCUT2D eigenvalue weighted by molar-refractivity contribution is 0.0218. The molecule has 1 aliphatic carbocycles. The molecule has 3 aromatic rings. The molecule has 0 radical (unpaired) electrons. The van der Waals surface area contributed by atoms with Gasteiger partial charge in [0.1, 0.15) is 23.4 Å². The van der Waals surface area contributed by atoms with E-state index in [1.54, 1.807) is 11.2 Å². The van der Waals surface area contributed by atoms with Gasteiger partial charge in [-0.3, -0.25) is 9.55 Å². The third-order valence-electron chi connectivity index (χ3n) is 6.30. The zero-order chi connectivity index (χ0) is 23.3. The minimum absolute atomic E-state index is 0.111. The van der Waals surface area contributed by atoms with Crippen molar-refractivity contribution in [3.8, 4) is 5.69 Å². The maximum absolute atomic E-state index is 12.6. The molecule has 0 unspecified atom stereocenters. The first-order valence-electron chi connectivity index (χ1n) is 11.7. The normalized spacial score (nSPS) is 19.2. The molecule has 1 saturated heterocycles. The fourth-order valence-corrected chi connectivity index (χ4v) is 4.63. The summed E-state index contributed by atoms with van der Waals surface area (Å²) in [6.07, 6.45) is 9.76. The van der Waals surface area contributed by atoms with Gasteiger partial charge in [0.25, 0.3) is 0 Å². The SMILES string of the molecule is Cc1cncc(-n2cc(C3CC3)c3c(N4CCN(C(=O)OC(C)(C)C)C[C@@H]4C)ncnc32)c1. The van der Waals surface area contributed by atoms with E-state index in [-0.39, 0.29) is 12.1 Å². The van der Waals surface area contributed by atoms with Gasteiger partial charge in [0.2, 0.25) is 0 Å². The number of carbonyl (C=O) groups is 1. The van der Waals surface area contributed by atoms with Gasteiger partial charge in [0.15, 0.2) is 0 Å². The molecule has 1 amide bonds. The highest BCUT2D eigenvalue weighted by Gasteiger charge is 2.34. The maximum atomic E-state index is 12.6. The highest BCUT2D eigenvalue weighted by molar-refractivity contribution is 5.93. The molecule has 1 atom stereocenters. The van der Waals surface area contributed by atoms with Gasteiger partial charge in [-0.2, -0.15) is 0 Å². The average Bonchev–Trinajstić information content (AvgIpc) is 3.52. The van der Waals surface area contributed by atoms with E-state index in [2.05, 4.69) is 40.6 Å². The second-order valence-electron chi connectivity index (χ2n) is 10.3. The summed E-state index contributed by atoms with van der Waals surface area (Å²) in [6, 6.07) is 2.24. The molecule has 0 bridgehead atoms. The van der Waals surface area contributed by atoms with Crippen LogP contribution in [0.4, 0.5) is 10.6 Å². The number of carbonyl (C=O) groups excluding carboxylic acids is 1. The van der Waals surface area contributed by atoms with Crippen LogP contribution >= 0.6 is 0 Å². The Hall–Kier alpha value is -3.16. The number of fused-ring (bicyclic) bond motifs is 1. The number of ether oxygens (including phenoxy) is 1. The second-order valence-corrected chi connectivity index (χ2v) is 10.3. The van der Waals surface area contributed by atoms with Gasteiger partial charge in [-0.1, -0.05) is 0 Å². The van der Waals surface area contributed by atoms with Crippen LogP contribution in [0.5, 0.6) is 0 Å². The summed E-state index contributed by atoms with van der Waals surface area (Å²) in [5.74, 6) is 1.51. The largest absolute Gasteiger partial charge is 0.444 e. The molecule has 4 heterocycles. The zero-order valence-corrected chi connectivity index (χ0v) is 20.1. The molecular weight excluding hydrogens is 416 g/mol. The Bertz CT molecular complexity index is 1190. The van der Waals surface area contributed by atoms with Crippen molar-refractivity contribution >= 4 is 22.9 Å². The van der Waals surface area contributed by atoms with E-state index in [4.69, 9.17) is 14.7 Å². The summed E-state index contributed by atoms with van der Waals surface area (Å²) >= 11 is 0. The molecule has 1 saturated carbocycles. The van der Waals surface area contributed by atoms with E-state index in [0.717, 1.165) is 28.1 Å². The minimum atomic E-state index is -0.497. The zero-order valence-electron chi connectivity index (χ0n) is 20.1. The van der Waals surface area contributed by atoms with Gasteiger partial charge in [-0.25, -0.2) is 14.8 Å². The number of piperazine rings is 1. The van der Waals surface area contributed by atoms with Crippen molar-refractivity contribution in [3.05, 3.63) is 42.1 Å². The predicted octanol–water partition coefficient (Wildman–Crippen LogP) is 4.45. The Balaban J connectivity index is 1.50. The Morgan fingerprint density at radius 2 is 1.94 bits per heavy atom. The lowest BCUT2D eigenvalue weighted by Crippen LogP contribution is -2.54. The Labute approximate surface area is 194 Å². The topological polar surface area (TPSA) is 76.4 Å². The molecule has 5 rings (SSSR count). The number of aryl methyl sites for hydroxylation is 1. The number of rotatable bonds is 3. The maximum Gasteiger partial charge on any atom is 0.410 e. The Morgan fingerprint density at radius 3 is 2.61 bits per heavy atom. The van der Waals surface area contributed by atoms with Crippen molar-refractivity contribution in [2.75, 3.05) is 24.5 Å². The van der Waals surface area contributed by atoms with Crippen molar-refractivity contribution < 1.29 is 9.53 Å². The van der Waals surface area contributed by atoms with E-state index in [1.807, 2.05) is 33.2 Å². The molecule has 3 aromatic heterocycles. The smallest absolute Gasteiger partial charge is 0.410 e. The van der Waals surface area contributed by atoms with Crippen LogP contribution in [-0.4, -0.2) is 61.8 Å². The Morgan fingerprint density at radius 1 is 1.15 bits per heavy atom. The summed E-state index contributed by atoms with van der Waals surface area (Å²) in [7, 11) is 0. The number of hydrogen-bond donors (Lipinski definition) is 0. The molecule has 2 aliphatic rings. The average molecular weight is 449 g/mol. The molecule has 8 nitrogen and oxygen atoms in total. The van der Waals surface area contributed by atoms with Crippen molar-refractivity contribution in [1.82, 2.24) is 24.4 Å². The van der Waals surface area contributed by atoms with E-state index in [0.29, 0.717) is 25.6 Å². The number of amides is 1. The van der Waals surface area contributed by atoms with Crippen LogP contribution in [0.3, 0.4) is 0 Å². The van der Waals surface area contributed by atoms with Crippen molar-refractivity contribution in [2.24, 2.45) is 0 Å². The quantitative estimate of drug-likeness (QED) is 0.589. The van der Waals surface area contributed by atoms with Crippen molar-refractivity contribution in [2.45, 2.75) is 65.0 Å². The van der Waals surface area contributed by atoms with Gasteiger partial charge < -0.3 is 14.5 Å². The summed E-state index contributed by atoms with van der Waals surface area (Å²) in [6.45, 7) is 11.8. The minimum Gasteiger partial charge on any atom is -0.444 e. The van der Waals surface area contributed by atoms with Crippen LogP contribution in [-0.2, 0) is 4.74 Å². The van der Waals surface area contributed by atoms with Crippen LogP contribution in [0, 0.1) is 6.92 Å². The molecular formula is C25H32N6O2. The number of anilines is 1. The van der Waals surface area contributed by atoms with Gasteiger partial charge in [0.05, 0.1) is 17.3 Å². The van der Waals surface area contributed by atoms with Gasteiger partial charge in [-0.05, 0) is 70.6 Å². The highest BCUT2D eigenvalue weighted by Crippen LogP contribution is 2.46. The number of hydrogen-bond acceptors (Lipinski definition) is 6. The van der Waals surface area contributed by atoms with Crippen LogP contribution in [0.15, 0.2) is 31.0 Å².